The van der Waals surface area contributed by atoms with Crippen molar-refractivity contribution in [3.63, 3.8) is 0 Å². The normalized spacial score (nSPS) is 19.2. The Morgan fingerprint density at radius 2 is 2.17 bits per heavy atom. The van der Waals surface area contributed by atoms with Crippen molar-refractivity contribution >= 4 is 27.7 Å². The van der Waals surface area contributed by atoms with Gasteiger partial charge in [-0.05, 0) is 37.1 Å². The summed E-state index contributed by atoms with van der Waals surface area (Å²) in [6.07, 6.45) is 0.675. The molecule has 1 aliphatic heterocycles. The van der Waals surface area contributed by atoms with Crippen LogP contribution in [0.2, 0.25) is 0 Å². The fourth-order valence-corrected chi connectivity index (χ4v) is 2.67. The van der Waals surface area contributed by atoms with Gasteiger partial charge in [-0.1, -0.05) is 15.9 Å². The lowest BCUT2D eigenvalue weighted by atomic mass is 10.1. The molecule has 0 aliphatic carbocycles. The largest absolute Gasteiger partial charge is 0.344 e. The molecule has 0 radical (unpaired) electrons. The van der Waals surface area contributed by atoms with Gasteiger partial charge in [-0.15, -0.1) is 0 Å². The van der Waals surface area contributed by atoms with Crippen LogP contribution >= 0.6 is 15.9 Å². The molecule has 0 aromatic heterocycles. The average molecular weight is 311 g/mol. The molecular formula is C13H15BrN2O2. The number of nitrogens with one attached hydrogen (secondary N) is 1. The van der Waals surface area contributed by atoms with Crippen LogP contribution in [0.15, 0.2) is 22.7 Å². The van der Waals surface area contributed by atoms with Gasteiger partial charge in [-0.25, -0.2) is 0 Å². The molecule has 5 heteroatoms. The van der Waals surface area contributed by atoms with Crippen LogP contribution in [0.25, 0.3) is 0 Å². The van der Waals surface area contributed by atoms with Crippen LogP contribution in [-0.2, 0) is 4.79 Å². The summed E-state index contributed by atoms with van der Waals surface area (Å²) < 4.78 is 0.863. The molecule has 18 heavy (non-hydrogen) atoms. The first-order valence-electron chi connectivity index (χ1n) is 5.80. The Kier molecular flexibility index (Phi) is 3.71. The number of likely N-dealkylation sites (tertiary alicyclic amines) is 1. The monoisotopic (exact) mass is 310 g/mol. The second-order valence-corrected chi connectivity index (χ2v) is 5.51. The van der Waals surface area contributed by atoms with Gasteiger partial charge < -0.3 is 10.2 Å². The van der Waals surface area contributed by atoms with Gasteiger partial charge in [0, 0.05) is 23.6 Å². The molecule has 0 saturated carbocycles. The highest BCUT2D eigenvalue weighted by molar-refractivity contribution is 9.10. The van der Waals surface area contributed by atoms with E-state index in [4.69, 9.17) is 0 Å². The smallest absolute Gasteiger partial charge is 0.251 e. The standard InChI is InChI=1S/C13H15BrN2O2/c1-8-5-9(7-10(14)6-8)12(17)15-11-3-4-16(2)13(11)18/h5-7,11H,3-4H2,1-2H3,(H,15,17). The van der Waals surface area contributed by atoms with E-state index < -0.39 is 0 Å². The third-order valence-electron chi connectivity index (χ3n) is 3.04. The van der Waals surface area contributed by atoms with Crippen molar-refractivity contribution in [2.24, 2.45) is 0 Å². The van der Waals surface area contributed by atoms with Crippen LogP contribution in [0.1, 0.15) is 22.3 Å². The number of hydrogen-bond donors (Lipinski definition) is 1. The van der Waals surface area contributed by atoms with Gasteiger partial charge in [0.2, 0.25) is 5.91 Å². The number of rotatable bonds is 2. The van der Waals surface area contributed by atoms with Crippen molar-refractivity contribution in [1.29, 1.82) is 0 Å². The topological polar surface area (TPSA) is 49.4 Å². The van der Waals surface area contributed by atoms with E-state index in [1.807, 2.05) is 19.1 Å². The number of likely N-dealkylation sites (N-methyl/N-ethyl adjacent to an activating group) is 1. The van der Waals surface area contributed by atoms with Crippen molar-refractivity contribution in [1.82, 2.24) is 10.2 Å². The minimum Gasteiger partial charge on any atom is -0.344 e. The summed E-state index contributed by atoms with van der Waals surface area (Å²) in [5.74, 6) is -0.219. The summed E-state index contributed by atoms with van der Waals surface area (Å²) >= 11 is 3.36. The quantitative estimate of drug-likeness (QED) is 0.904. The number of benzene rings is 1. The van der Waals surface area contributed by atoms with Crippen LogP contribution in [0, 0.1) is 6.92 Å². The first kappa shape index (κ1) is 13.1. The van der Waals surface area contributed by atoms with Gasteiger partial charge in [0.1, 0.15) is 6.04 Å². The van der Waals surface area contributed by atoms with Crippen molar-refractivity contribution in [2.45, 2.75) is 19.4 Å². The Labute approximate surface area is 114 Å². The number of amides is 2. The first-order chi connectivity index (χ1) is 8.47. The van der Waals surface area contributed by atoms with E-state index in [2.05, 4.69) is 21.2 Å². The molecule has 0 spiro atoms. The maximum absolute atomic E-state index is 12.1. The Morgan fingerprint density at radius 3 is 2.72 bits per heavy atom. The maximum Gasteiger partial charge on any atom is 0.251 e. The average Bonchev–Trinajstić information content (AvgIpc) is 2.59. The fourth-order valence-electron chi connectivity index (χ4n) is 2.07. The number of halogens is 1. The number of nitrogens with zero attached hydrogens (tertiary/aromatic N) is 1. The summed E-state index contributed by atoms with van der Waals surface area (Å²) in [4.78, 5) is 25.4. The molecule has 96 valence electrons. The lowest BCUT2D eigenvalue weighted by Gasteiger charge is -2.12. The molecular weight excluding hydrogens is 296 g/mol. The molecule has 1 unspecified atom stereocenters. The first-order valence-corrected chi connectivity index (χ1v) is 6.59. The molecule has 1 fully saturated rings. The van der Waals surface area contributed by atoms with E-state index in [0.29, 0.717) is 18.5 Å². The van der Waals surface area contributed by atoms with Gasteiger partial charge in [0.25, 0.3) is 5.91 Å². The molecule has 1 aliphatic rings. The van der Waals surface area contributed by atoms with Gasteiger partial charge in [0.05, 0.1) is 0 Å². The predicted molar refractivity (Wildman–Crippen MR) is 72.4 cm³/mol. The zero-order chi connectivity index (χ0) is 13.3. The van der Waals surface area contributed by atoms with Crippen LogP contribution in [0.5, 0.6) is 0 Å². The molecule has 0 bridgehead atoms. The SMILES string of the molecule is Cc1cc(Br)cc(C(=O)NC2CCN(C)C2=O)c1. The summed E-state index contributed by atoms with van der Waals surface area (Å²) in [6.45, 7) is 2.62. The minimum atomic E-state index is -0.387. The van der Waals surface area contributed by atoms with Crippen LogP contribution in [-0.4, -0.2) is 36.3 Å². The highest BCUT2D eigenvalue weighted by Gasteiger charge is 2.30. The van der Waals surface area contributed by atoms with E-state index in [1.165, 1.54) is 0 Å². The van der Waals surface area contributed by atoms with E-state index in [1.54, 1.807) is 18.0 Å². The van der Waals surface area contributed by atoms with E-state index in [-0.39, 0.29) is 17.9 Å². The van der Waals surface area contributed by atoms with Gasteiger partial charge in [-0.2, -0.15) is 0 Å². The van der Waals surface area contributed by atoms with Gasteiger partial charge >= 0.3 is 0 Å². The number of carbonyl (C=O) groups is 2. The van der Waals surface area contributed by atoms with Crippen LogP contribution < -0.4 is 5.32 Å². The number of hydrogen-bond acceptors (Lipinski definition) is 2. The summed E-state index contributed by atoms with van der Waals surface area (Å²) in [5, 5.41) is 2.78. The Bertz CT molecular complexity index is 482. The lowest BCUT2D eigenvalue weighted by Crippen LogP contribution is -2.40. The molecule has 2 rings (SSSR count). The molecule has 1 aromatic rings. The Hall–Kier alpha value is -1.36. The molecule has 1 atom stereocenters. The van der Waals surface area contributed by atoms with Crippen LogP contribution in [0.3, 0.4) is 0 Å². The molecule has 1 saturated heterocycles. The third-order valence-corrected chi connectivity index (χ3v) is 3.49. The minimum absolute atomic E-state index is 0.0185. The van der Waals surface area contributed by atoms with Crippen molar-refractivity contribution in [3.8, 4) is 0 Å². The molecule has 1 N–H and O–H groups in total. The Morgan fingerprint density at radius 1 is 1.44 bits per heavy atom. The fraction of sp³-hybridized carbons (Fsp3) is 0.385. The molecule has 1 aromatic carbocycles. The molecule has 1 heterocycles. The zero-order valence-electron chi connectivity index (χ0n) is 10.4. The van der Waals surface area contributed by atoms with Gasteiger partial charge in [-0.3, -0.25) is 9.59 Å². The van der Waals surface area contributed by atoms with E-state index >= 15 is 0 Å². The second kappa shape index (κ2) is 5.10. The van der Waals surface area contributed by atoms with Gasteiger partial charge in [0.15, 0.2) is 0 Å². The van der Waals surface area contributed by atoms with Crippen LogP contribution in [0.4, 0.5) is 0 Å². The summed E-state index contributed by atoms with van der Waals surface area (Å²) in [5.41, 5.74) is 1.58. The number of aryl methyl sites for hydroxylation is 1. The molecule has 2 amide bonds. The third kappa shape index (κ3) is 2.72. The highest BCUT2D eigenvalue weighted by atomic mass is 79.9. The molecule has 4 nitrogen and oxygen atoms in total. The highest BCUT2D eigenvalue weighted by Crippen LogP contribution is 2.16. The lowest BCUT2D eigenvalue weighted by molar-refractivity contribution is -0.128. The van der Waals surface area contributed by atoms with E-state index in [0.717, 1.165) is 10.0 Å². The maximum atomic E-state index is 12.1. The zero-order valence-corrected chi connectivity index (χ0v) is 12.0. The summed E-state index contributed by atoms with van der Waals surface area (Å²) in [7, 11) is 1.75. The van der Waals surface area contributed by atoms with Crippen molar-refractivity contribution in [2.75, 3.05) is 13.6 Å². The van der Waals surface area contributed by atoms with Crippen molar-refractivity contribution in [3.05, 3.63) is 33.8 Å². The summed E-state index contributed by atoms with van der Waals surface area (Å²) in [6, 6.07) is 5.11. The van der Waals surface area contributed by atoms with Crippen molar-refractivity contribution < 1.29 is 9.59 Å². The predicted octanol–water partition coefficient (Wildman–Crippen LogP) is 1.72. The number of carbonyl (C=O) groups excluding carboxylic acids is 2. The van der Waals surface area contributed by atoms with E-state index in [9.17, 15) is 9.59 Å². The second-order valence-electron chi connectivity index (χ2n) is 4.59. The Balaban J connectivity index is 2.10.